The number of aromatic nitrogens is 1. The zero-order valence-corrected chi connectivity index (χ0v) is 10.5. The Morgan fingerprint density at radius 2 is 1.94 bits per heavy atom. The molecule has 90 valence electrons. The van der Waals surface area contributed by atoms with Gasteiger partial charge in [0.15, 0.2) is 0 Å². The molecular weight excluding hydrogens is 212 g/mol. The number of para-hydroxylation sites is 1. The third-order valence-electron chi connectivity index (χ3n) is 2.85. The number of anilines is 1. The minimum absolute atomic E-state index is 0.360. The summed E-state index contributed by atoms with van der Waals surface area (Å²) >= 11 is 0. The Morgan fingerprint density at radius 1 is 1.24 bits per heavy atom. The minimum Gasteiger partial charge on any atom is -0.496 e. The summed E-state index contributed by atoms with van der Waals surface area (Å²) in [4.78, 5) is 0. The van der Waals surface area contributed by atoms with E-state index in [0.29, 0.717) is 6.04 Å². The molecule has 0 atom stereocenters. The first-order chi connectivity index (χ1) is 8.13. The molecule has 1 aromatic carbocycles. The molecule has 0 amide bonds. The highest BCUT2D eigenvalue weighted by molar-refractivity contribution is 5.72. The lowest BCUT2D eigenvalue weighted by atomic mass is 10.1. The Kier molecular flexibility index (Phi) is 3.09. The predicted octanol–water partition coefficient (Wildman–Crippen LogP) is 3.33. The molecule has 0 saturated heterocycles. The number of rotatable bonds is 3. The van der Waals surface area contributed by atoms with Crippen LogP contribution in [0.25, 0.3) is 11.1 Å². The highest BCUT2D eigenvalue weighted by atomic mass is 16.5. The van der Waals surface area contributed by atoms with Crippen molar-refractivity contribution in [3.63, 3.8) is 0 Å². The van der Waals surface area contributed by atoms with E-state index in [1.807, 2.05) is 30.3 Å². The first kappa shape index (κ1) is 11.6. The average molecular weight is 230 g/mol. The minimum atomic E-state index is 0.360. The van der Waals surface area contributed by atoms with Gasteiger partial charge in [-0.1, -0.05) is 18.2 Å². The van der Waals surface area contributed by atoms with Crippen molar-refractivity contribution in [1.82, 2.24) is 4.57 Å². The molecule has 0 aliphatic carbocycles. The van der Waals surface area contributed by atoms with Crippen LogP contribution in [0.4, 0.5) is 5.82 Å². The Balaban J connectivity index is 2.50. The number of nitrogen functional groups attached to an aromatic ring is 1. The molecule has 0 saturated carbocycles. The lowest BCUT2D eigenvalue weighted by Gasteiger charge is -2.09. The monoisotopic (exact) mass is 230 g/mol. The van der Waals surface area contributed by atoms with Gasteiger partial charge in [-0.15, -0.1) is 0 Å². The molecule has 0 unspecified atom stereocenters. The Bertz CT molecular complexity index is 515. The van der Waals surface area contributed by atoms with Crippen molar-refractivity contribution < 1.29 is 4.74 Å². The van der Waals surface area contributed by atoms with Gasteiger partial charge in [-0.25, -0.2) is 0 Å². The molecule has 0 bridgehead atoms. The second-order valence-corrected chi connectivity index (χ2v) is 4.35. The molecule has 2 aromatic rings. The molecule has 0 fully saturated rings. The van der Waals surface area contributed by atoms with Crippen molar-refractivity contribution in [3.8, 4) is 16.9 Å². The highest BCUT2D eigenvalue weighted by Crippen LogP contribution is 2.32. The number of methoxy groups -OCH3 is 1. The fourth-order valence-electron chi connectivity index (χ4n) is 1.97. The van der Waals surface area contributed by atoms with Crippen molar-refractivity contribution in [1.29, 1.82) is 0 Å². The number of nitrogens with zero attached hydrogens (tertiary/aromatic N) is 1. The molecular formula is C14H18N2O. The van der Waals surface area contributed by atoms with Crippen molar-refractivity contribution in [2.24, 2.45) is 0 Å². The summed E-state index contributed by atoms with van der Waals surface area (Å²) < 4.78 is 7.42. The first-order valence-corrected chi connectivity index (χ1v) is 5.74. The molecule has 3 heteroatoms. The van der Waals surface area contributed by atoms with Crippen LogP contribution in [0, 0.1) is 0 Å². The second kappa shape index (κ2) is 4.53. The van der Waals surface area contributed by atoms with Gasteiger partial charge in [0.05, 0.1) is 7.11 Å². The van der Waals surface area contributed by atoms with E-state index in [1.165, 1.54) is 0 Å². The van der Waals surface area contributed by atoms with Crippen LogP contribution in [0.2, 0.25) is 0 Å². The Hall–Kier alpha value is -1.90. The van der Waals surface area contributed by atoms with E-state index in [9.17, 15) is 0 Å². The topological polar surface area (TPSA) is 40.2 Å². The standard InChI is InChI=1S/C14H18N2O/c1-10(2)16-9-11(8-14(16)15)12-6-4-5-7-13(12)17-3/h4-10H,15H2,1-3H3. The fourth-order valence-corrected chi connectivity index (χ4v) is 1.97. The van der Waals surface area contributed by atoms with Gasteiger partial charge in [0.25, 0.3) is 0 Å². The highest BCUT2D eigenvalue weighted by Gasteiger charge is 2.10. The molecule has 0 radical (unpaired) electrons. The van der Waals surface area contributed by atoms with Gasteiger partial charge >= 0.3 is 0 Å². The van der Waals surface area contributed by atoms with Crippen LogP contribution in [-0.2, 0) is 0 Å². The molecule has 2 N–H and O–H groups in total. The van der Waals surface area contributed by atoms with E-state index in [-0.39, 0.29) is 0 Å². The predicted molar refractivity (Wildman–Crippen MR) is 71.2 cm³/mol. The molecule has 17 heavy (non-hydrogen) atoms. The van der Waals surface area contributed by atoms with Crippen molar-refractivity contribution in [2.45, 2.75) is 19.9 Å². The van der Waals surface area contributed by atoms with Gasteiger partial charge in [0.1, 0.15) is 11.6 Å². The average Bonchev–Trinajstić information content (AvgIpc) is 2.71. The SMILES string of the molecule is COc1ccccc1-c1cc(N)n(C(C)C)c1. The molecule has 0 aliphatic rings. The molecule has 3 nitrogen and oxygen atoms in total. The summed E-state index contributed by atoms with van der Waals surface area (Å²) in [6.07, 6.45) is 2.07. The Labute approximate surface area is 102 Å². The maximum Gasteiger partial charge on any atom is 0.126 e. The maximum atomic E-state index is 5.99. The fraction of sp³-hybridized carbons (Fsp3) is 0.286. The van der Waals surface area contributed by atoms with Gasteiger partial charge < -0.3 is 15.0 Å². The van der Waals surface area contributed by atoms with Crippen LogP contribution in [0.5, 0.6) is 5.75 Å². The van der Waals surface area contributed by atoms with Crippen molar-refractivity contribution >= 4 is 5.82 Å². The van der Waals surface area contributed by atoms with Crippen LogP contribution in [0.15, 0.2) is 36.5 Å². The summed E-state index contributed by atoms with van der Waals surface area (Å²) in [5, 5.41) is 0. The molecule has 0 spiro atoms. The van der Waals surface area contributed by atoms with Gasteiger partial charge in [-0.2, -0.15) is 0 Å². The number of ether oxygens (including phenoxy) is 1. The van der Waals surface area contributed by atoms with E-state index in [1.54, 1.807) is 7.11 Å². The second-order valence-electron chi connectivity index (χ2n) is 4.35. The third kappa shape index (κ3) is 2.13. The normalized spacial score (nSPS) is 10.8. The van der Waals surface area contributed by atoms with Crippen LogP contribution in [-0.4, -0.2) is 11.7 Å². The summed E-state index contributed by atoms with van der Waals surface area (Å²) in [6, 6.07) is 10.3. The zero-order valence-electron chi connectivity index (χ0n) is 10.5. The molecule has 1 aromatic heterocycles. The van der Waals surface area contributed by atoms with Gasteiger partial charge in [0.2, 0.25) is 0 Å². The van der Waals surface area contributed by atoms with Crippen molar-refractivity contribution in [2.75, 3.05) is 12.8 Å². The lowest BCUT2D eigenvalue weighted by molar-refractivity contribution is 0.416. The lowest BCUT2D eigenvalue weighted by Crippen LogP contribution is -2.02. The summed E-state index contributed by atoms with van der Waals surface area (Å²) in [5.74, 6) is 1.65. The maximum absolute atomic E-state index is 5.99. The van der Waals surface area contributed by atoms with Crippen LogP contribution in [0.3, 0.4) is 0 Å². The van der Waals surface area contributed by atoms with Crippen molar-refractivity contribution in [3.05, 3.63) is 36.5 Å². The number of hydrogen-bond donors (Lipinski definition) is 1. The Morgan fingerprint density at radius 3 is 2.53 bits per heavy atom. The number of hydrogen-bond acceptors (Lipinski definition) is 2. The third-order valence-corrected chi connectivity index (χ3v) is 2.85. The van der Waals surface area contributed by atoms with Gasteiger partial charge in [-0.05, 0) is 26.0 Å². The summed E-state index contributed by atoms with van der Waals surface area (Å²) in [5.41, 5.74) is 8.16. The van der Waals surface area contributed by atoms with E-state index in [2.05, 4.69) is 24.6 Å². The summed E-state index contributed by atoms with van der Waals surface area (Å²) in [7, 11) is 1.68. The molecule has 1 heterocycles. The zero-order chi connectivity index (χ0) is 12.4. The van der Waals surface area contributed by atoms with E-state index in [0.717, 1.165) is 22.7 Å². The first-order valence-electron chi connectivity index (χ1n) is 5.74. The van der Waals surface area contributed by atoms with Crippen LogP contribution in [0.1, 0.15) is 19.9 Å². The molecule has 2 rings (SSSR count). The molecule has 0 aliphatic heterocycles. The van der Waals surface area contributed by atoms with Crippen LogP contribution < -0.4 is 10.5 Å². The number of nitrogens with two attached hydrogens (primary N) is 1. The smallest absolute Gasteiger partial charge is 0.126 e. The van der Waals surface area contributed by atoms with E-state index >= 15 is 0 Å². The van der Waals surface area contributed by atoms with E-state index in [4.69, 9.17) is 10.5 Å². The quantitative estimate of drug-likeness (QED) is 0.878. The van der Waals surface area contributed by atoms with Gasteiger partial charge in [0, 0.05) is 23.4 Å². The largest absolute Gasteiger partial charge is 0.496 e. The number of benzene rings is 1. The summed E-state index contributed by atoms with van der Waals surface area (Å²) in [6.45, 7) is 4.23. The van der Waals surface area contributed by atoms with Gasteiger partial charge in [-0.3, -0.25) is 0 Å². The van der Waals surface area contributed by atoms with E-state index < -0.39 is 0 Å². The van der Waals surface area contributed by atoms with Crippen LogP contribution >= 0.6 is 0 Å².